The van der Waals surface area contributed by atoms with E-state index < -0.39 is 5.69 Å². The second-order valence-corrected chi connectivity index (χ2v) is 20.6. The highest BCUT2D eigenvalue weighted by molar-refractivity contribution is 6.36. The Bertz CT molecular complexity index is 3190. The number of phenols is 2. The Hall–Kier alpha value is -7.46. The number of nitrogens with one attached hydrogen (secondary N) is 1. The van der Waals surface area contributed by atoms with Gasteiger partial charge in [-0.25, -0.2) is 14.5 Å². The van der Waals surface area contributed by atoms with E-state index in [1.807, 2.05) is 55.1 Å². The normalized spacial score (nSPS) is 17.8. The van der Waals surface area contributed by atoms with Crippen LogP contribution >= 0.6 is 11.6 Å². The maximum Gasteiger partial charge on any atom is 0.348 e. The van der Waals surface area contributed by atoms with E-state index >= 15 is 0 Å². The molecule has 18 nitrogen and oxygen atoms in total. The van der Waals surface area contributed by atoms with Crippen molar-refractivity contribution in [3.63, 3.8) is 0 Å². The molecule has 6 heterocycles. The van der Waals surface area contributed by atoms with Crippen molar-refractivity contribution in [2.75, 3.05) is 88.4 Å². The highest BCUT2D eigenvalue weighted by Crippen LogP contribution is 2.39. The van der Waals surface area contributed by atoms with E-state index in [0.29, 0.717) is 87.2 Å². The van der Waals surface area contributed by atoms with Gasteiger partial charge in [0.2, 0.25) is 11.8 Å². The van der Waals surface area contributed by atoms with Crippen molar-refractivity contribution in [2.24, 2.45) is 5.92 Å². The number of hydrogen-bond acceptors (Lipinski definition) is 14. The number of phenolic OH excluding ortho intramolecular Hbond substituents is 2. The summed E-state index contributed by atoms with van der Waals surface area (Å²) in [6.45, 7) is 16.3. The molecule has 75 heavy (non-hydrogen) atoms. The number of fused-ring (bicyclic) bond motifs is 2. The van der Waals surface area contributed by atoms with Crippen molar-refractivity contribution in [1.82, 2.24) is 44.3 Å². The number of hydrogen-bond donors (Lipinski definition) is 3. The van der Waals surface area contributed by atoms with Gasteiger partial charge in [-0.05, 0) is 91.2 Å². The lowest BCUT2D eigenvalue weighted by atomic mass is 9.94. The van der Waals surface area contributed by atoms with Crippen LogP contribution < -0.4 is 20.2 Å². The van der Waals surface area contributed by atoms with Crippen molar-refractivity contribution in [1.29, 1.82) is 5.26 Å². The minimum atomic E-state index is -0.443. The van der Waals surface area contributed by atoms with Crippen molar-refractivity contribution in [3.05, 3.63) is 123 Å². The zero-order valence-electron chi connectivity index (χ0n) is 42.5. The summed E-state index contributed by atoms with van der Waals surface area (Å²) in [5.74, 6) is 0.837. The van der Waals surface area contributed by atoms with Gasteiger partial charge in [0.05, 0.1) is 47.0 Å². The van der Waals surface area contributed by atoms with Crippen molar-refractivity contribution in [2.45, 2.75) is 64.6 Å². The van der Waals surface area contributed by atoms with Crippen LogP contribution in [0.15, 0.2) is 90.2 Å². The van der Waals surface area contributed by atoms with Crippen molar-refractivity contribution < 1.29 is 24.5 Å². The monoisotopic (exact) mass is 1030 g/mol. The largest absolute Gasteiger partial charge is 0.508 e. The number of aromatic hydroxyl groups is 2. The molecule has 0 spiro atoms. The minimum absolute atomic E-state index is 0.0110. The molecular formula is C56H63ClN12O6. The first-order chi connectivity index (χ1) is 36.4. The third kappa shape index (κ3) is 10.8. The first kappa shape index (κ1) is 51.0. The summed E-state index contributed by atoms with van der Waals surface area (Å²) in [7, 11) is 0. The molecule has 3 saturated heterocycles. The molecule has 2 amide bonds. The third-order valence-corrected chi connectivity index (χ3v) is 15.6. The Labute approximate surface area is 441 Å². The molecule has 4 aliphatic rings. The van der Waals surface area contributed by atoms with Crippen LogP contribution in [0.3, 0.4) is 0 Å². The topological polar surface area (TPSA) is 204 Å². The van der Waals surface area contributed by atoms with Gasteiger partial charge in [-0.3, -0.25) is 19.4 Å². The van der Waals surface area contributed by atoms with Crippen LogP contribution in [-0.2, 0) is 29.1 Å². The molecule has 6 aromatic rings. The molecule has 4 aliphatic heterocycles. The van der Waals surface area contributed by atoms with Gasteiger partial charge >= 0.3 is 11.7 Å². The number of anilines is 2. The maximum atomic E-state index is 13.8. The maximum absolute atomic E-state index is 13.8. The van der Waals surface area contributed by atoms with E-state index in [4.69, 9.17) is 26.3 Å². The van der Waals surface area contributed by atoms with Crippen LogP contribution in [0, 0.1) is 17.2 Å². The summed E-state index contributed by atoms with van der Waals surface area (Å²) in [5, 5.41) is 40.3. The van der Waals surface area contributed by atoms with E-state index in [-0.39, 0.29) is 59.4 Å². The molecule has 0 bridgehead atoms. The number of aromatic amines is 1. The average molecular weight is 1040 g/mol. The average Bonchev–Trinajstić information content (AvgIpc) is 3.81. The van der Waals surface area contributed by atoms with E-state index in [1.165, 1.54) is 16.7 Å². The first-order valence-electron chi connectivity index (χ1n) is 25.9. The fourth-order valence-electron chi connectivity index (χ4n) is 11.2. The predicted octanol–water partition coefficient (Wildman–Crippen LogP) is 6.47. The minimum Gasteiger partial charge on any atom is -0.508 e. The Balaban J connectivity index is 0.733. The number of H-pyrrole nitrogens is 1. The quantitative estimate of drug-likeness (QED) is 0.100. The number of aromatic nitrogens is 5. The molecule has 3 fully saturated rings. The zero-order valence-corrected chi connectivity index (χ0v) is 43.3. The predicted molar refractivity (Wildman–Crippen MR) is 287 cm³/mol. The van der Waals surface area contributed by atoms with Crippen LogP contribution in [0.25, 0.3) is 27.8 Å². The number of benzene rings is 4. The summed E-state index contributed by atoms with van der Waals surface area (Å²) >= 11 is 6.79. The molecule has 10 rings (SSSR count). The number of piperazine rings is 2. The van der Waals surface area contributed by atoms with Gasteiger partial charge < -0.3 is 34.5 Å². The second-order valence-electron chi connectivity index (χ2n) is 20.2. The summed E-state index contributed by atoms with van der Waals surface area (Å²) in [6, 6.07) is 25.1. The Kier molecular flexibility index (Phi) is 15.1. The zero-order chi connectivity index (χ0) is 52.3. The van der Waals surface area contributed by atoms with Crippen LogP contribution in [0.4, 0.5) is 11.5 Å². The van der Waals surface area contributed by atoms with Gasteiger partial charge in [-0.15, -0.1) is 0 Å². The smallest absolute Gasteiger partial charge is 0.348 e. The molecule has 390 valence electrons. The lowest BCUT2D eigenvalue weighted by Crippen LogP contribution is -2.55. The molecular weight excluding hydrogens is 972 g/mol. The molecule has 4 aromatic carbocycles. The number of amides is 2. The highest BCUT2D eigenvalue weighted by Gasteiger charge is 2.35. The molecule has 3 N–H and O–H groups in total. The van der Waals surface area contributed by atoms with Crippen LogP contribution in [-0.4, -0.2) is 151 Å². The number of likely N-dealkylation sites (tertiary alicyclic amines) is 1. The molecule has 1 unspecified atom stereocenters. The molecule has 0 radical (unpaired) electrons. The summed E-state index contributed by atoms with van der Waals surface area (Å²) in [6.07, 6.45) is 3.76. The number of carbonyl (C=O) groups is 2. The number of nitrogens with zero attached hydrogens (tertiary/aromatic N) is 11. The second kappa shape index (κ2) is 22.2. The van der Waals surface area contributed by atoms with Gasteiger partial charge in [-0.1, -0.05) is 68.4 Å². The van der Waals surface area contributed by atoms with Crippen LogP contribution in [0.5, 0.6) is 17.5 Å². The van der Waals surface area contributed by atoms with Crippen LogP contribution in [0.1, 0.15) is 61.4 Å². The number of nitriles is 1. The Morgan fingerprint density at radius 1 is 0.920 bits per heavy atom. The Morgan fingerprint density at radius 2 is 1.68 bits per heavy atom. The molecule has 19 heteroatoms. The lowest BCUT2D eigenvalue weighted by molar-refractivity contribution is -0.139. The highest BCUT2D eigenvalue weighted by atomic mass is 35.5. The van der Waals surface area contributed by atoms with E-state index in [0.717, 1.165) is 84.7 Å². The van der Waals surface area contributed by atoms with Gasteiger partial charge in [-0.2, -0.15) is 20.3 Å². The fraction of sp³-hybridized carbons (Fsp3) is 0.411. The van der Waals surface area contributed by atoms with Crippen molar-refractivity contribution >= 4 is 45.7 Å². The summed E-state index contributed by atoms with van der Waals surface area (Å²) < 4.78 is 7.81. The molecule has 0 aliphatic carbocycles. The fourth-order valence-corrected chi connectivity index (χ4v) is 11.5. The van der Waals surface area contributed by atoms with Crippen LogP contribution in [0.2, 0.25) is 5.02 Å². The summed E-state index contributed by atoms with van der Waals surface area (Å²) in [4.78, 5) is 62.6. The van der Waals surface area contributed by atoms with Crippen molar-refractivity contribution in [3.8, 4) is 40.7 Å². The molecule has 0 saturated carbocycles. The standard InChI is InChI=1S/C56H63ClN12O6/c1-4-50(72)68-28-27-67(34-41(68)15-19-58)52-42-18-22-66(47-10-6-8-38-7-5-9-45(57)51(38)47)35-46(42)59-55(60-52)75-30-29-63-23-25-65(26-24-63)54(73)39-16-20-64(21-17-39)33-37-11-13-40(14-12-37)69-53(61-62-56(69)74)44-31-43(36(2)3)48(70)32-49(44)71/h4-14,31-32,36,39,41,70-71H,1,15-18,20-30,33-35H2,2-3H3,(H,62,74). The molecule has 1 atom stereocenters. The Morgan fingerprint density at radius 3 is 2.41 bits per heavy atom. The van der Waals surface area contributed by atoms with E-state index in [9.17, 15) is 29.9 Å². The van der Waals surface area contributed by atoms with Gasteiger partial charge in [0, 0.05) is 94.1 Å². The number of carbonyl (C=O) groups excluding carboxylic acids is 2. The van der Waals surface area contributed by atoms with E-state index in [1.54, 1.807) is 11.0 Å². The first-order valence-corrected chi connectivity index (χ1v) is 26.3. The van der Waals surface area contributed by atoms with E-state index in [2.05, 4.69) is 66.7 Å². The third-order valence-electron chi connectivity index (χ3n) is 15.3. The summed E-state index contributed by atoms with van der Waals surface area (Å²) in [5.41, 5.74) is 5.15. The van der Waals surface area contributed by atoms with Gasteiger partial charge in [0.25, 0.3) is 0 Å². The number of ether oxygens (including phenoxy) is 1. The van der Waals surface area contributed by atoms with Gasteiger partial charge in [0.15, 0.2) is 5.82 Å². The van der Waals surface area contributed by atoms with Gasteiger partial charge in [0.1, 0.15) is 23.9 Å². The lowest BCUT2D eigenvalue weighted by Gasteiger charge is -2.42. The number of rotatable bonds is 14. The number of piperidine rings is 1. The molecule has 2 aromatic heterocycles. The number of halogens is 1. The SMILES string of the molecule is C=CC(=O)N1CCN(c2nc(OCCN3CCN(C(=O)C4CCN(Cc5ccc(-n6c(-c7cc(C(C)C)c(O)cc7O)n[nH]c6=O)cc5)CC4)CC3)nc3c2CCN(c2cccc4cccc(Cl)c24)C3)CC1CC#N.